The Hall–Kier alpha value is -3.65. The van der Waals surface area contributed by atoms with Crippen LogP contribution in [0.4, 0.5) is 4.79 Å². The number of nitrogens with one attached hydrogen (secondary N) is 2. The molecule has 0 aliphatic carbocycles. The van der Waals surface area contributed by atoms with E-state index in [0.29, 0.717) is 0 Å². The molecule has 0 heterocycles. The Bertz CT molecular complexity index is 1120. The molecule has 8 heteroatoms. The molecule has 2 amide bonds. The van der Waals surface area contributed by atoms with E-state index in [1.165, 1.54) is 7.11 Å². The Morgan fingerprint density at radius 1 is 0.771 bits per heavy atom. The molecule has 0 bridgehead atoms. The van der Waals surface area contributed by atoms with E-state index in [9.17, 15) is 14.4 Å². The average molecular weight is 539 g/mol. The molecule has 0 aliphatic rings. The van der Waals surface area contributed by atoms with E-state index in [4.69, 9.17) is 9.47 Å². The van der Waals surface area contributed by atoms with Crippen LogP contribution in [0.2, 0.25) is 0 Å². The summed E-state index contributed by atoms with van der Waals surface area (Å²) >= 11 is 3.41. The van der Waals surface area contributed by atoms with Crippen molar-refractivity contribution in [1.29, 1.82) is 0 Å². The van der Waals surface area contributed by atoms with Gasteiger partial charge in [0.25, 0.3) is 0 Å². The highest BCUT2D eigenvalue weighted by atomic mass is 79.9. The largest absolute Gasteiger partial charge is 0.467 e. The zero-order valence-electron chi connectivity index (χ0n) is 19.3. The second-order valence-electron chi connectivity index (χ2n) is 7.87. The first kappa shape index (κ1) is 26.0. The van der Waals surface area contributed by atoms with Crippen molar-refractivity contribution in [3.8, 4) is 0 Å². The number of esters is 1. The molecule has 2 atom stereocenters. The zero-order valence-corrected chi connectivity index (χ0v) is 20.9. The van der Waals surface area contributed by atoms with Gasteiger partial charge in [-0.05, 0) is 28.8 Å². The first-order valence-electron chi connectivity index (χ1n) is 11.1. The topological polar surface area (TPSA) is 93.7 Å². The summed E-state index contributed by atoms with van der Waals surface area (Å²) in [4.78, 5) is 38.2. The third kappa shape index (κ3) is 8.57. The lowest BCUT2D eigenvalue weighted by atomic mass is 10.0. The van der Waals surface area contributed by atoms with Gasteiger partial charge in [-0.3, -0.25) is 4.79 Å². The maximum Gasteiger partial charge on any atom is 0.408 e. The summed E-state index contributed by atoms with van der Waals surface area (Å²) in [5.74, 6) is -1.10. The second-order valence-corrected chi connectivity index (χ2v) is 8.78. The maximum atomic E-state index is 13.2. The van der Waals surface area contributed by atoms with Gasteiger partial charge in [0.1, 0.15) is 18.7 Å². The SMILES string of the molecule is COC(=O)[C@H](Cc1cccc(Br)c1)NC(=O)[C@@H](Cc1ccccc1)NC(=O)OCc1ccccc1. The third-order valence-corrected chi connectivity index (χ3v) is 5.73. The fourth-order valence-corrected chi connectivity index (χ4v) is 3.92. The molecule has 182 valence electrons. The third-order valence-electron chi connectivity index (χ3n) is 5.24. The second kappa shape index (κ2) is 13.3. The van der Waals surface area contributed by atoms with Crippen LogP contribution in [0.15, 0.2) is 89.4 Å². The number of benzene rings is 3. The minimum Gasteiger partial charge on any atom is -0.467 e. The van der Waals surface area contributed by atoms with E-state index in [1.54, 1.807) is 0 Å². The molecule has 0 saturated carbocycles. The van der Waals surface area contributed by atoms with Crippen LogP contribution in [0, 0.1) is 0 Å². The molecule has 0 aliphatic heterocycles. The molecular weight excluding hydrogens is 512 g/mol. The minimum atomic E-state index is -0.963. The van der Waals surface area contributed by atoms with E-state index >= 15 is 0 Å². The lowest BCUT2D eigenvalue weighted by Gasteiger charge is -2.22. The standard InChI is InChI=1S/C27H27BrN2O5/c1-34-26(32)24(17-21-13-8-14-22(28)15-21)29-25(31)23(16-19-9-4-2-5-10-19)30-27(33)35-18-20-11-6-3-7-12-20/h2-15,23-24H,16-18H2,1H3,(H,29,31)(H,30,33)/t23-,24+/m1/s1. The first-order chi connectivity index (χ1) is 16.9. The Kier molecular flexibility index (Phi) is 9.86. The fraction of sp³-hybridized carbons (Fsp3) is 0.222. The summed E-state index contributed by atoms with van der Waals surface area (Å²) < 4.78 is 11.1. The smallest absolute Gasteiger partial charge is 0.408 e. The quantitative estimate of drug-likeness (QED) is 0.377. The molecule has 0 fully saturated rings. The highest BCUT2D eigenvalue weighted by molar-refractivity contribution is 9.10. The maximum absolute atomic E-state index is 13.2. The Balaban J connectivity index is 1.71. The Morgan fingerprint density at radius 2 is 1.37 bits per heavy atom. The van der Waals surface area contributed by atoms with Crippen molar-refractivity contribution >= 4 is 33.9 Å². The average Bonchev–Trinajstić information content (AvgIpc) is 2.87. The van der Waals surface area contributed by atoms with E-state index in [-0.39, 0.29) is 19.4 Å². The molecule has 0 saturated heterocycles. The summed E-state index contributed by atoms with van der Waals surface area (Å²) in [6.45, 7) is 0.0695. The summed E-state index contributed by atoms with van der Waals surface area (Å²) in [5, 5.41) is 5.37. The van der Waals surface area contributed by atoms with Crippen LogP contribution in [-0.4, -0.2) is 37.2 Å². The number of amides is 2. The number of methoxy groups -OCH3 is 1. The van der Waals surface area contributed by atoms with Crippen LogP contribution in [0.25, 0.3) is 0 Å². The molecule has 2 N–H and O–H groups in total. The van der Waals surface area contributed by atoms with Crippen LogP contribution >= 0.6 is 15.9 Å². The fourth-order valence-electron chi connectivity index (χ4n) is 3.47. The van der Waals surface area contributed by atoms with Crippen molar-refractivity contribution in [3.63, 3.8) is 0 Å². The number of carbonyl (C=O) groups excluding carboxylic acids is 3. The normalized spacial score (nSPS) is 12.2. The number of alkyl carbamates (subject to hydrolysis) is 1. The number of halogens is 1. The van der Waals surface area contributed by atoms with E-state index in [2.05, 4.69) is 26.6 Å². The molecule has 3 aromatic rings. The van der Waals surface area contributed by atoms with Crippen molar-refractivity contribution in [2.24, 2.45) is 0 Å². The van der Waals surface area contributed by atoms with Gasteiger partial charge < -0.3 is 20.1 Å². The van der Waals surface area contributed by atoms with Crippen molar-refractivity contribution in [2.45, 2.75) is 31.5 Å². The predicted molar refractivity (Wildman–Crippen MR) is 135 cm³/mol. The zero-order chi connectivity index (χ0) is 25.0. The summed E-state index contributed by atoms with van der Waals surface area (Å²) in [6, 6.07) is 24.1. The van der Waals surface area contributed by atoms with Gasteiger partial charge in [0, 0.05) is 17.3 Å². The molecule has 0 radical (unpaired) electrons. The summed E-state index contributed by atoms with van der Waals surface area (Å²) in [6.07, 6.45) is -0.279. The Morgan fingerprint density at radius 3 is 2.00 bits per heavy atom. The van der Waals surface area contributed by atoms with Gasteiger partial charge in [-0.15, -0.1) is 0 Å². The van der Waals surface area contributed by atoms with Crippen LogP contribution in [0.1, 0.15) is 16.7 Å². The van der Waals surface area contributed by atoms with Gasteiger partial charge in [0.05, 0.1) is 7.11 Å². The number of rotatable bonds is 10. The molecule has 0 unspecified atom stereocenters. The van der Waals surface area contributed by atoms with Crippen molar-refractivity contribution < 1.29 is 23.9 Å². The molecule has 3 aromatic carbocycles. The summed E-state index contributed by atoms with van der Waals surface area (Å²) in [7, 11) is 1.27. The monoisotopic (exact) mass is 538 g/mol. The van der Waals surface area contributed by atoms with Gasteiger partial charge in [0.15, 0.2) is 0 Å². The number of ether oxygens (including phenoxy) is 2. The van der Waals surface area contributed by atoms with Crippen molar-refractivity contribution in [3.05, 3.63) is 106 Å². The molecule has 0 aromatic heterocycles. The highest BCUT2D eigenvalue weighted by Crippen LogP contribution is 2.14. The van der Waals surface area contributed by atoms with Gasteiger partial charge in [-0.2, -0.15) is 0 Å². The highest BCUT2D eigenvalue weighted by Gasteiger charge is 2.28. The van der Waals surface area contributed by atoms with Gasteiger partial charge in [0.2, 0.25) is 5.91 Å². The van der Waals surface area contributed by atoms with Crippen molar-refractivity contribution in [1.82, 2.24) is 10.6 Å². The van der Waals surface area contributed by atoms with E-state index in [1.807, 2.05) is 84.9 Å². The van der Waals surface area contributed by atoms with Crippen LogP contribution in [-0.2, 0) is 38.5 Å². The summed E-state index contributed by atoms with van der Waals surface area (Å²) in [5.41, 5.74) is 2.51. The predicted octanol–water partition coefficient (Wildman–Crippen LogP) is 4.19. The van der Waals surface area contributed by atoms with Crippen LogP contribution in [0.5, 0.6) is 0 Å². The van der Waals surface area contributed by atoms with Crippen LogP contribution < -0.4 is 10.6 Å². The van der Waals surface area contributed by atoms with Crippen molar-refractivity contribution in [2.75, 3.05) is 7.11 Å². The minimum absolute atomic E-state index is 0.0695. The molecular formula is C27H27BrN2O5. The van der Waals surface area contributed by atoms with E-state index < -0.39 is 30.1 Å². The molecule has 3 rings (SSSR count). The van der Waals surface area contributed by atoms with E-state index in [0.717, 1.165) is 21.2 Å². The number of carbonyl (C=O) groups is 3. The van der Waals surface area contributed by atoms with Crippen LogP contribution in [0.3, 0.4) is 0 Å². The lowest BCUT2D eigenvalue weighted by Crippen LogP contribution is -2.53. The molecule has 7 nitrogen and oxygen atoms in total. The Labute approximate surface area is 213 Å². The lowest BCUT2D eigenvalue weighted by molar-refractivity contribution is -0.145. The number of hydrogen-bond donors (Lipinski definition) is 2. The number of hydrogen-bond acceptors (Lipinski definition) is 5. The molecule has 35 heavy (non-hydrogen) atoms. The van der Waals surface area contributed by atoms with Gasteiger partial charge >= 0.3 is 12.1 Å². The van der Waals surface area contributed by atoms with Gasteiger partial charge in [-0.1, -0.05) is 88.7 Å². The van der Waals surface area contributed by atoms with Gasteiger partial charge in [-0.25, -0.2) is 9.59 Å². The first-order valence-corrected chi connectivity index (χ1v) is 11.9. The molecule has 0 spiro atoms.